The predicted molar refractivity (Wildman–Crippen MR) is 99.5 cm³/mol. The molecule has 1 saturated heterocycles. The summed E-state index contributed by atoms with van der Waals surface area (Å²) in [7, 11) is 1.71. The number of carbonyl (C=O) groups is 1. The lowest BCUT2D eigenvalue weighted by molar-refractivity contribution is -0.126. The monoisotopic (exact) mass is 370 g/mol. The Hall–Kier alpha value is -2.25. The van der Waals surface area contributed by atoms with Crippen LogP contribution in [0.2, 0.25) is 0 Å². The van der Waals surface area contributed by atoms with Crippen molar-refractivity contribution in [3.63, 3.8) is 0 Å². The van der Waals surface area contributed by atoms with Crippen molar-refractivity contribution in [1.82, 2.24) is 19.4 Å². The van der Waals surface area contributed by atoms with E-state index < -0.39 is 5.60 Å². The van der Waals surface area contributed by atoms with Gasteiger partial charge in [-0.1, -0.05) is 0 Å². The minimum absolute atomic E-state index is 0.0665. The Kier molecular flexibility index (Phi) is 4.52. The van der Waals surface area contributed by atoms with Gasteiger partial charge in [-0.2, -0.15) is 0 Å². The number of aromatic nitrogens is 3. The lowest BCUT2D eigenvalue weighted by Crippen LogP contribution is -2.61. The smallest absolute Gasteiger partial charge is 0.255 e. The Bertz CT molecular complexity index is 884. The summed E-state index contributed by atoms with van der Waals surface area (Å²) in [5, 5.41) is 0. The fraction of sp³-hybridized carbons (Fsp3) is 0.550. The molecule has 1 spiro atoms. The van der Waals surface area contributed by atoms with Crippen LogP contribution in [0, 0.1) is 20.8 Å². The molecule has 2 aromatic heterocycles. The first-order valence-corrected chi connectivity index (χ1v) is 9.37. The highest BCUT2D eigenvalue weighted by Gasteiger charge is 2.52. The largest absolute Gasteiger partial charge is 0.385 e. The quantitative estimate of drug-likeness (QED) is 0.754. The molecule has 0 unspecified atom stereocenters. The molecule has 0 bridgehead atoms. The molecule has 2 aliphatic rings. The average molecular weight is 370 g/mol. The third-order valence-electron chi connectivity index (χ3n) is 5.68. The van der Waals surface area contributed by atoms with E-state index in [0.717, 1.165) is 47.0 Å². The van der Waals surface area contributed by atoms with E-state index in [4.69, 9.17) is 9.47 Å². The number of rotatable bonds is 5. The molecule has 1 amide bonds. The Morgan fingerprint density at radius 1 is 1.33 bits per heavy atom. The SMILES string of the molecule is COCCCn1c(C)cc(C(=O)N2CC3(C2)OCc2nc(C)ncc23)c1C. The molecule has 4 heterocycles. The van der Waals surface area contributed by atoms with E-state index in [1.54, 1.807) is 7.11 Å². The summed E-state index contributed by atoms with van der Waals surface area (Å²) in [6.45, 7) is 9.12. The van der Waals surface area contributed by atoms with Crippen molar-refractivity contribution in [2.45, 2.75) is 45.9 Å². The number of fused-ring (bicyclic) bond motifs is 2. The summed E-state index contributed by atoms with van der Waals surface area (Å²) in [4.78, 5) is 23.7. The minimum atomic E-state index is -0.428. The van der Waals surface area contributed by atoms with Gasteiger partial charge in [0.05, 0.1) is 31.0 Å². The first-order chi connectivity index (χ1) is 12.9. The topological polar surface area (TPSA) is 69.5 Å². The number of likely N-dealkylation sites (tertiary alicyclic amines) is 1. The van der Waals surface area contributed by atoms with E-state index in [2.05, 4.69) is 14.5 Å². The van der Waals surface area contributed by atoms with Crippen molar-refractivity contribution in [3.8, 4) is 0 Å². The Balaban J connectivity index is 1.48. The van der Waals surface area contributed by atoms with Crippen molar-refractivity contribution >= 4 is 5.91 Å². The molecule has 2 aromatic rings. The summed E-state index contributed by atoms with van der Waals surface area (Å²) in [5.41, 5.74) is 4.45. The maximum Gasteiger partial charge on any atom is 0.255 e. The van der Waals surface area contributed by atoms with Crippen molar-refractivity contribution in [3.05, 3.63) is 46.3 Å². The van der Waals surface area contributed by atoms with Gasteiger partial charge in [-0.05, 0) is 33.3 Å². The van der Waals surface area contributed by atoms with Crippen LogP contribution in [0.25, 0.3) is 0 Å². The van der Waals surface area contributed by atoms with Gasteiger partial charge in [0, 0.05) is 43.4 Å². The van der Waals surface area contributed by atoms with Crippen LogP contribution in [0.15, 0.2) is 12.3 Å². The third-order valence-corrected chi connectivity index (χ3v) is 5.68. The fourth-order valence-corrected chi connectivity index (χ4v) is 4.17. The zero-order valence-corrected chi connectivity index (χ0v) is 16.4. The van der Waals surface area contributed by atoms with E-state index in [0.29, 0.717) is 26.3 Å². The third kappa shape index (κ3) is 2.95. The van der Waals surface area contributed by atoms with Gasteiger partial charge in [0.25, 0.3) is 5.91 Å². The van der Waals surface area contributed by atoms with Gasteiger partial charge in [0.2, 0.25) is 0 Å². The van der Waals surface area contributed by atoms with E-state index in [-0.39, 0.29) is 5.91 Å². The van der Waals surface area contributed by atoms with Gasteiger partial charge >= 0.3 is 0 Å². The van der Waals surface area contributed by atoms with E-state index >= 15 is 0 Å². The Labute approximate surface area is 159 Å². The van der Waals surface area contributed by atoms with Crippen LogP contribution in [0.3, 0.4) is 0 Å². The number of carbonyl (C=O) groups excluding carboxylic acids is 1. The molecular weight excluding hydrogens is 344 g/mol. The second-order valence-electron chi connectivity index (χ2n) is 7.50. The number of hydrogen-bond donors (Lipinski definition) is 0. The molecule has 0 N–H and O–H groups in total. The van der Waals surface area contributed by atoms with Gasteiger partial charge in [-0.15, -0.1) is 0 Å². The van der Waals surface area contributed by atoms with Gasteiger partial charge in [0.15, 0.2) is 0 Å². The molecule has 4 rings (SSSR count). The summed E-state index contributed by atoms with van der Waals surface area (Å²) in [6, 6.07) is 1.99. The normalized spacial score (nSPS) is 17.3. The number of nitrogens with zero attached hydrogens (tertiary/aromatic N) is 4. The standard InChI is InChI=1S/C20H26N4O3/c1-13-8-16(14(2)24(13)6-5-7-26-4)19(25)23-11-20(12-23)17-9-21-15(3)22-18(17)10-27-20/h8-9H,5-7,10-12H2,1-4H3. The molecule has 27 heavy (non-hydrogen) atoms. The summed E-state index contributed by atoms with van der Waals surface area (Å²) < 4.78 is 13.4. The van der Waals surface area contributed by atoms with Gasteiger partial charge in [-0.25, -0.2) is 9.97 Å². The number of amides is 1. The molecular formula is C20H26N4O3. The van der Waals surface area contributed by atoms with Crippen molar-refractivity contribution in [1.29, 1.82) is 0 Å². The molecule has 1 fully saturated rings. The average Bonchev–Trinajstić information content (AvgIpc) is 3.12. The van der Waals surface area contributed by atoms with Gasteiger partial charge in [-0.3, -0.25) is 4.79 Å². The highest BCUT2D eigenvalue weighted by molar-refractivity contribution is 5.96. The molecule has 0 aromatic carbocycles. The van der Waals surface area contributed by atoms with Crippen molar-refractivity contribution in [2.75, 3.05) is 26.8 Å². The summed E-state index contributed by atoms with van der Waals surface area (Å²) >= 11 is 0. The van der Waals surface area contributed by atoms with Crippen LogP contribution in [-0.4, -0.2) is 52.1 Å². The fourth-order valence-electron chi connectivity index (χ4n) is 4.17. The van der Waals surface area contributed by atoms with Crippen molar-refractivity contribution in [2.24, 2.45) is 0 Å². The lowest BCUT2D eigenvalue weighted by Gasteiger charge is -2.47. The number of hydrogen-bond acceptors (Lipinski definition) is 5. The second-order valence-corrected chi connectivity index (χ2v) is 7.50. The van der Waals surface area contributed by atoms with E-state index in [1.807, 2.05) is 37.9 Å². The maximum atomic E-state index is 13.1. The lowest BCUT2D eigenvalue weighted by atomic mass is 9.87. The van der Waals surface area contributed by atoms with Crippen LogP contribution in [0.5, 0.6) is 0 Å². The van der Waals surface area contributed by atoms with Gasteiger partial charge < -0.3 is 18.9 Å². The molecule has 0 aliphatic carbocycles. The first kappa shape index (κ1) is 18.1. The van der Waals surface area contributed by atoms with Gasteiger partial charge in [0.1, 0.15) is 11.4 Å². The maximum absolute atomic E-state index is 13.1. The first-order valence-electron chi connectivity index (χ1n) is 9.37. The van der Waals surface area contributed by atoms with Crippen LogP contribution >= 0.6 is 0 Å². The molecule has 144 valence electrons. The summed E-state index contributed by atoms with van der Waals surface area (Å²) in [5.74, 6) is 0.819. The molecule has 0 atom stereocenters. The zero-order chi connectivity index (χ0) is 19.2. The summed E-state index contributed by atoms with van der Waals surface area (Å²) in [6.07, 6.45) is 2.78. The predicted octanol–water partition coefficient (Wildman–Crippen LogP) is 2.12. The minimum Gasteiger partial charge on any atom is -0.385 e. The zero-order valence-electron chi connectivity index (χ0n) is 16.4. The molecule has 7 nitrogen and oxygen atoms in total. The van der Waals surface area contributed by atoms with Crippen LogP contribution in [0.4, 0.5) is 0 Å². The van der Waals surface area contributed by atoms with E-state index in [9.17, 15) is 4.79 Å². The molecule has 0 saturated carbocycles. The highest BCUT2D eigenvalue weighted by atomic mass is 16.5. The van der Waals surface area contributed by atoms with Crippen LogP contribution in [0.1, 0.15) is 45.2 Å². The van der Waals surface area contributed by atoms with Crippen LogP contribution < -0.4 is 0 Å². The highest BCUT2D eigenvalue weighted by Crippen LogP contribution is 2.43. The molecule has 7 heteroatoms. The second kappa shape index (κ2) is 6.73. The molecule has 0 radical (unpaired) electrons. The van der Waals surface area contributed by atoms with E-state index in [1.165, 1.54) is 0 Å². The van der Waals surface area contributed by atoms with Crippen LogP contribution in [-0.2, 0) is 28.2 Å². The Morgan fingerprint density at radius 3 is 2.85 bits per heavy atom. The number of methoxy groups -OCH3 is 1. The van der Waals surface area contributed by atoms with Crippen molar-refractivity contribution < 1.29 is 14.3 Å². The number of ether oxygens (including phenoxy) is 2. The molecule has 2 aliphatic heterocycles. The number of aryl methyl sites for hydroxylation is 2. The Morgan fingerprint density at radius 2 is 2.11 bits per heavy atom.